The van der Waals surface area contributed by atoms with Crippen LogP contribution in [0.15, 0.2) is 12.1 Å². The number of carbonyl (C=O) groups is 1. The Morgan fingerprint density at radius 2 is 2.29 bits per heavy atom. The van der Waals surface area contributed by atoms with E-state index >= 15 is 0 Å². The highest BCUT2D eigenvalue weighted by molar-refractivity contribution is 5.87. The molecule has 1 fully saturated rings. The molecule has 1 aliphatic carbocycles. The second-order valence-corrected chi connectivity index (χ2v) is 3.67. The molecule has 0 bridgehead atoms. The van der Waals surface area contributed by atoms with Crippen molar-refractivity contribution in [1.82, 2.24) is 4.98 Å². The van der Waals surface area contributed by atoms with Crippen LogP contribution in [0.5, 0.6) is 0 Å². The van der Waals surface area contributed by atoms with Crippen LogP contribution >= 0.6 is 0 Å². The minimum atomic E-state index is -0.901. The van der Waals surface area contributed by atoms with Crippen molar-refractivity contribution in [3.63, 3.8) is 0 Å². The molecule has 0 amide bonds. The third-order valence-corrected chi connectivity index (χ3v) is 2.57. The second kappa shape index (κ2) is 3.40. The van der Waals surface area contributed by atoms with Crippen LogP contribution in [0.1, 0.15) is 47.4 Å². The maximum atomic E-state index is 11.0. The van der Waals surface area contributed by atoms with E-state index in [1.807, 2.05) is 19.1 Å². The van der Waals surface area contributed by atoms with E-state index in [4.69, 9.17) is 5.11 Å². The smallest absolute Gasteiger partial charge is 0.354 e. The summed E-state index contributed by atoms with van der Waals surface area (Å²) in [6.45, 7) is 1.98. The van der Waals surface area contributed by atoms with Crippen molar-refractivity contribution in [2.24, 2.45) is 0 Å². The maximum absolute atomic E-state index is 11.0. The number of aryl methyl sites for hydroxylation is 1. The molecule has 0 radical (unpaired) electrons. The zero-order valence-electron chi connectivity index (χ0n) is 8.16. The molecule has 0 saturated heterocycles. The molecule has 1 aromatic heterocycles. The molecule has 0 aromatic carbocycles. The van der Waals surface area contributed by atoms with E-state index in [1.54, 1.807) is 0 Å². The Kier molecular flexibility index (Phi) is 2.23. The molecule has 1 saturated carbocycles. The van der Waals surface area contributed by atoms with E-state index in [2.05, 4.69) is 4.98 Å². The summed E-state index contributed by atoms with van der Waals surface area (Å²) < 4.78 is 0. The number of nitrogens with zero attached hydrogens (tertiary/aromatic N) is 1. The third-order valence-electron chi connectivity index (χ3n) is 2.57. The fourth-order valence-corrected chi connectivity index (χ4v) is 1.60. The Bertz CT molecular complexity index is 370. The Hall–Kier alpha value is -1.38. The van der Waals surface area contributed by atoms with Crippen LogP contribution in [0.25, 0.3) is 0 Å². The largest absolute Gasteiger partial charge is 0.477 e. The number of carboxylic acids is 1. The summed E-state index contributed by atoms with van der Waals surface area (Å²) in [7, 11) is 0. The number of hydrogen-bond acceptors (Lipinski definition) is 2. The molecule has 3 nitrogen and oxygen atoms in total. The summed E-state index contributed by atoms with van der Waals surface area (Å²) in [5.41, 5.74) is 2.02. The first-order chi connectivity index (χ1) is 6.72. The summed E-state index contributed by atoms with van der Waals surface area (Å²) in [6.07, 6.45) is 2.99. The summed E-state index contributed by atoms with van der Waals surface area (Å²) in [4.78, 5) is 15.1. The van der Waals surface area contributed by atoms with Crippen molar-refractivity contribution in [1.29, 1.82) is 0 Å². The van der Waals surface area contributed by atoms with Crippen LogP contribution in [-0.2, 0) is 6.42 Å². The Morgan fingerprint density at radius 1 is 1.57 bits per heavy atom. The average molecular weight is 191 g/mol. The highest BCUT2D eigenvalue weighted by atomic mass is 16.4. The molecule has 0 atom stereocenters. The lowest BCUT2D eigenvalue weighted by Gasteiger charge is -2.05. The average Bonchev–Trinajstić information content (AvgIpc) is 3.00. The van der Waals surface area contributed by atoms with Crippen molar-refractivity contribution in [3.05, 3.63) is 29.1 Å². The van der Waals surface area contributed by atoms with Gasteiger partial charge in [-0.1, -0.05) is 13.0 Å². The highest BCUT2D eigenvalue weighted by Gasteiger charge is 2.28. The van der Waals surface area contributed by atoms with Gasteiger partial charge in [-0.3, -0.25) is 0 Å². The van der Waals surface area contributed by atoms with E-state index < -0.39 is 5.97 Å². The number of carboxylic acid groups (broad SMARTS) is 1. The van der Waals surface area contributed by atoms with Gasteiger partial charge in [-0.2, -0.15) is 0 Å². The van der Waals surface area contributed by atoms with Gasteiger partial charge >= 0.3 is 5.97 Å². The lowest BCUT2D eigenvalue weighted by molar-refractivity contribution is 0.0689. The summed E-state index contributed by atoms with van der Waals surface area (Å²) in [5, 5.41) is 9.00. The number of aromatic carboxylic acids is 1. The quantitative estimate of drug-likeness (QED) is 0.796. The van der Waals surface area contributed by atoms with Gasteiger partial charge in [-0.25, -0.2) is 9.78 Å². The molecule has 1 heterocycles. The van der Waals surface area contributed by atoms with Gasteiger partial charge in [0.1, 0.15) is 0 Å². The SMILES string of the molecule is CCc1ccc(C2CC2)c(C(=O)O)n1. The van der Waals surface area contributed by atoms with E-state index in [9.17, 15) is 4.79 Å². The van der Waals surface area contributed by atoms with Gasteiger partial charge in [0.05, 0.1) is 0 Å². The highest BCUT2D eigenvalue weighted by Crippen LogP contribution is 2.41. The van der Waals surface area contributed by atoms with Crippen molar-refractivity contribution >= 4 is 5.97 Å². The van der Waals surface area contributed by atoms with Crippen molar-refractivity contribution in [2.45, 2.75) is 32.1 Å². The first-order valence-corrected chi connectivity index (χ1v) is 4.95. The van der Waals surface area contributed by atoms with Crippen LogP contribution in [0.2, 0.25) is 0 Å². The molecule has 0 aliphatic heterocycles. The van der Waals surface area contributed by atoms with Crippen LogP contribution in [0, 0.1) is 0 Å². The van der Waals surface area contributed by atoms with Gasteiger partial charge in [0, 0.05) is 5.69 Å². The Labute approximate surface area is 82.8 Å². The summed E-state index contributed by atoms with van der Waals surface area (Å²) in [6, 6.07) is 3.85. The molecule has 3 heteroatoms. The molecule has 1 N–H and O–H groups in total. The minimum Gasteiger partial charge on any atom is -0.477 e. The predicted octanol–water partition coefficient (Wildman–Crippen LogP) is 2.22. The van der Waals surface area contributed by atoms with E-state index in [1.165, 1.54) is 0 Å². The summed E-state index contributed by atoms with van der Waals surface area (Å²) in [5.74, 6) is -0.457. The normalized spacial score (nSPS) is 15.5. The second-order valence-electron chi connectivity index (χ2n) is 3.67. The zero-order valence-corrected chi connectivity index (χ0v) is 8.16. The number of rotatable bonds is 3. The Morgan fingerprint density at radius 3 is 2.79 bits per heavy atom. The fraction of sp³-hybridized carbons (Fsp3) is 0.455. The van der Waals surface area contributed by atoms with Crippen molar-refractivity contribution in [2.75, 3.05) is 0 Å². The van der Waals surface area contributed by atoms with Crippen molar-refractivity contribution in [3.8, 4) is 0 Å². The molecule has 0 spiro atoms. The van der Waals surface area contributed by atoms with Gasteiger partial charge in [0.25, 0.3) is 0 Å². The number of pyridine rings is 1. The lowest BCUT2D eigenvalue weighted by Crippen LogP contribution is -2.07. The zero-order chi connectivity index (χ0) is 10.1. The minimum absolute atomic E-state index is 0.256. The van der Waals surface area contributed by atoms with Gasteiger partial charge in [0.2, 0.25) is 0 Å². The van der Waals surface area contributed by atoms with E-state index in [-0.39, 0.29) is 5.69 Å². The Balaban J connectivity index is 2.43. The molecule has 14 heavy (non-hydrogen) atoms. The lowest BCUT2D eigenvalue weighted by atomic mass is 10.1. The molecule has 74 valence electrons. The molecule has 1 aliphatic rings. The van der Waals surface area contributed by atoms with Crippen molar-refractivity contribution < 1.29 is 9.90 Å². The van der Waals surface area contributed by atoms with Crippen LogP contribution in [0.3, 0.4) is 0 Å². The molecule has 0 unspecified atom stereocenters. The van der Waals surface area contributed by atoms with Crippen LogP contribution in [0.4, 0.5) is 0 Å². The van der Waals surface area contributed by atoms with Gasteiger partial charge in [-0.15, -0.1) is 0 Å². The van der Waals surface area contributed by atoms with E-state index in [0.29, 0.717) is 5.92 Å². The first kappa shape index (κ1) is 9.19. The van der Waals surface area contributed by atoms with Gasteiger partial charge in [-0.05, 0) is 36.8 Å². The monoisotopic (exact) mass is 191 g/mol. The maximum Gasteiger partial charge on any atom is 0.354 e. The molecular weight excluding hydrogens is 178 g/mol. The van der Waals surface area contributed by atoms with Crippen LogP contribution < -0.4 is 0 Å². The van der Waals surface area contributed by atoms with E-state index in [0.717, 1.165) is 30.5 Å². The summed E-state index contributed by atoms with van der Waals surface area (Å²) >= 11 is 0. The topological polar surface area (TPSA) is 50.2 Å². The molecular formula is C11H13NO2. The predicted molar refractivity (Wildman–Crippen MR) is 52.5 cm³/mol. The molecule has 2 rings (SSSR count). The van der Waals surface area contributed by atoms with Crippen LogP contribution in [-0.4, -0.2) is 16.1 Å². The number of hydrogen-bond donors (Lipinski definition) is 1. The third kappa shape index (κ3) is 1.62. The number of aromatic nitrogens is 1. The standard InChI is InChI=1S/C11H13NO2/c1-2-8-5-6-9(7-3-4-7)10(12-8)11(13)14/h5-7H,2-4H2,1H3,(H,13,14). The van der Waals surface area contributed by atoms with Gasteiger partial charge in [0.15, 0.2) is 5.69 Å². The van der Waals surface area contributed by atoms with Gasteiger partial charge < -0.3 is 5.11 Å². The molecule has 1 aromatic rings. The first-order valence-electron chi connectivity index (χ1n) is 4.95. The fourth-order valence-electron chi connectivity index (χ4n) is 1.60.